The molecule has 3 aromatic carbocycles. The van der Waals surface area contributed by atoms with E-state index in [1.54, 1.807) is 20.5 Å². The predicted molar refractivity (Wildman–Crippen MR) is 151 cm³/mol. The summed E-state index contributed by atoms with van der Waals surface area (Å²) in [6, 6.07) is 30.9. The number of benzene rings is 3. The zero-order valence-corrected chi connectivity index (χ0v) is 22.3. The van der Waals surface area contributed by atoms with Crippen LogP contribution in [-0.4, -0.2) is 63.8 Å². The highest BCUT2D eigenvalue weighted by Crippen LogP contribution is 2.41. The molecule has 204 valence electrons. The molecule has 40 heavy (non-hydrogen) atoms. The molecule has 4 atom stereocenters. The van der Waals surface area contributed by atoms with Crippen molar-refractivity contribution < 1.29 is 19.3 Å². The summed E-state index contributed by atoms with van der Waals surface area (Å²) in [6.07, 6.45) is 1.13. The third-order valence-corrected chi connectivity index (χ3v) is 7.57. The van der Waals surface area contributed by atoms with Crippen molar-refractivity contribution in [2.75, 3.05) is 26.1 Å². The fraction of sp³-hybridized carbons (Fsp3) is 0.258. The minimum Gasteiger partial charge on any atom is -0.394 e. The van der Waals surface area contributed by atoms with Crippen LogP contribution in [0.3, 0.4) is 0 Å². The van der Waals surface area contributed by atoms with Crippen LogP contribution < -0.4 is 5.32 Å². The highest BCUT2D eigenvalue weighted by molar-refractivity contribution is 5.84. The number of aromatic nitrogens is 4. The summed E-state index contributed by atoms with van der Waals surface area (Å²) in [5.74, 6) is 0.564. The molecule has 6 rings (SSSR count). The zero-order valence-electron chi connectivity index (χ0n) is 22.3. The first-order valence-corrected chi connectivity index (χ1v) is 13.2. The lowest BCUT2D eigenvalue weighted by Gasteiger charge is -2.37. The molecule has 0 aliphatic carbocycles. The van der Waals surface area contributed by atoms with Crippen LogP contribution in [0.2, 0.25) is 0 Å². The van der Waals surface area contributed by atoms with E-state index in [-0.39, 0.29) is 6.61 Å². The molecule has 5 aromatic rings. The van der Waals surface area contributed by atoms with Crippen molar-refractivity contribution in [1.29, 1.82) is 0 Å². The average Bonchev–Trinajstić information content (AvgIpc) is 3.62. The van der Waals surface area contributed by atoms with Crippen molar-refractivity contribution in [2.24, 2.45) is 0 Å². The van der Waals surface area contributed by atoms with E-state index < -0.39 is 30.1 Å². The number of fused-ring (bicyclic) bond motifs is 1. The standard InChI is InChI=1S/C31H31N5O4/c1-38-26-24(18-37)40-30(27(26)39-2)36-20-34-25-28(32-19-33-29(25)36)35-31(21-12-6-3-7-13-21,22-14-8-4-9-15-22)23-16-10-5-11-17-23/h3-17,19-20,24,26-27,30,37H,18H2,1-2H3,(H,32,33,35)/t24-,26?,27+,30-/m1/s1. The van der Waals surface area contributed by atoms with E-state index in [4.69, 9.17) is 19.2 Å². The summed E-state index contributed by atoms with van der Waals surface area (Å²) in [7, 11) is 3.18. The van der Waals surface area contributed by atoms with Crippen molar-refractivity contribution in [3.05, 3.63) is 120 Å². The molecule has 2 aromatic heterocycles. The van der Waals surface area contributed by atoms with E-state index in [0.29, 0.717) is 17.0 Å². The van der Waals surface area contributed by atoms with Gasteiger partial charge in [-0.3, -0.25) is 4.57 Å². The van der Waals surface area contributed by atoms with E-state index in [9.17, 15) is 5.11 Å². The number of hydrogen-bond acceptors (Lipinski definition) is 8. The molecule has 9 heteroatoms. The third kappa shape index (κ3) is 4.33. The molecule has 0 spiro atoms. The lowest BCUT2D eigenvalue weighted by atomic mass is 9.77. The molecule has 3 heterocycles. The third-order valence-electron chi connectivity index (χ3n) is 7.57. The van der Waals surface area contributed by atoms with Gasteiger partial charge in [0.25, 0.3) is 0 Å². The van der Waals surface area contributed by atoms with Gasteiger partial charge in [-0.1, -0.05) is 91.0 Å². The fourth-order valence-electron chi connectivity index (χ4n) is 5.70. The van der Waals surface area contributed by atoms with Crippen molar-refractivity contribution in [3.8, 4) is 0 Å². The summed E-state index contributed by atoms with van der Waals surface area (Å²) in [5.41, 5.74) is 3.51. The fourth-order valence-corrected chi connectivity index (χ4v) is 5.70. The van der Waals surface area contributed by atoms with E-state index in [0.717, 1.165) is 16.7 Å². The number of imidazole rings is 1. The van der Waals surface area contributed by atoms with Gasteiger partial charge in [-0.2, -0.15) is 0 Å². The molecule has 1 aliphatic rings. The number of methoxy groups -OCH3 is 2. The van der Waals surface area contributed by atoms with Crippen LogP contribution in [0.15, 0.2) is 104 Å². The Morgan fingerprint density at radius 2 is 1.35 bits per heavy atom. The summed E-state index contributed by atoms with van der Waals surface area (Å²) in [6.45, 7) is -0.197. The van der Waals surface area contributed by atoms with Gasteiger partial charge in [0.15, 0.2) is 23.2 Å². The Hall–Kier alpha value is -4.15. The minimum atomic E-state index is -0.781. The number of aliphatic hydroxyl groups is 1. The van der Waals surface area contributed by atoms with Gasteiger partial charge in [-0.25, -0.2) is 15.0 Å². The van der Waals surface area contributed by atoms with E-state index >= 15 is 0 Å². The highest BCUT2D eigenvalue weighted by Gasteiger charge is 2.47. The molecule has 1 saturated heterocycles. The van der Waals surface area contributed by atoms with Crippen molar-refractivity contribution in [2.45, 2.75) is 30.1 Å². The number of rotatable bonds is 9. The lowest BCUT2D eigenvalue weighted by Crippen LogP contribution is -2.38. The molecule has 0 bridgehead atoms. The van der Waals surface area contributed by atoms with E-state index in [1.807, 2.05) is 59.2 Å². The molecule has 9 nitrogen and oxygen atoms in total. The van der Waals surface area contributed by atoms with Gasteiger partial charge in [0.2, 0.25) is 0 Å². The number of nitrogens with one attached hydrogen (secondary N) is 1. The first-order chi connectivity index (χ1) is 19.7. The van der Waals surface area contributed by atoms with Gasteiger partial charge < -0.3 is 24.6 Å². The van der Waals surface area contributed by atoms with Gasteiger partial charge in [0.1, 0.15) is 30.2 Å². The first kappa shape index (κ1) is 26.1. The molecule has 1 fully saturated rings. The number of nitrogens with zero attached hydrogens (tertiary/aromatic N) is 4. The van der Waals surface area contributed by atoms with Crippen molar-refractivity contribution in [3.63, 3.8) is 0 Å². The molecular weight excluding hydrogens is 506 g/mol. The van der Waals surface area contributed by atoms with Crippen LogP contribution in [0, 0.1) is 0 Å². The number of ether oxygens (including phenoxy) is 3. The quantitative estimate of drug-likeness (QED) is 0.270. The number of anilines is 1. The maximum Gasteiger partial charge on any atom is 0.167 e. The molecule has 0 amide bonds. The van der Waals surface area contributed by atoms with Gasteiger partial charge in [0, 0.05) is 14.2 Å². The Bertz CT molecular complexity index is 1450. The Morgan fingerprint density at radius 1 is 0.800 bits per heavy atom. The first-order valence-electron chi connectivity index (χ1n) is 13.2. The summed E-state index contributed by atoms with van der Waals surface area (Å²) >= 11 is 0. The SMILES string of the molecule is COC1[C@@H](CO)O[C@@H](n2cnc3c(NC(c4ccccc4)(c4ccccc4)c4ccccc4)ncnc32)[C@H]1OC. The normalized spacial score (nSPS) is 21.1. The van der Waals surface area contributed by atoms with Gasteiger partial charge in [0.05, 0.1) is 12.9 Å². The van der Waals surface area contributed by atoms with Gasteiger partial charge >= 0.3 is 0 Å². The maximum absolute atomic E-state index is 9.88. The van der Waals surface area contributed by atoms with Crippen LogP contribution in [0.4, 0.5) is 5.82 Å². The van der Waals surface area contributed by atoms with Crippen molar-refractivity contribution in [1.82, 2.24) is 19.5 Å². The van der Waals surface area contributed by atoms with Crippen LogP contribution >= 0.6 is 0 Å². The van der Waals surface area contributed by atoms with Crippen LogP contribution in [0.25, 0.3) is 11.2 Å². The molecule has 1 aliphatic heterocycles. The van der Waals surface area contributed by atoms with Crippen LogP contribution in [-0.2, 0) is 19.7 Å². The predicted octanol–water partition coefficient (Wildman–Crippen LogP) is 4.15. The Morgan fingerprint density at radius 3 is 1.85 bits per heavy atom. The smallest absolute Gasteiger partial charge is 0.167 e. The van der Waals surface area contributed by atoms with Gasteiger partial charge in [-0.15, -0.1) is 0 Å². The molecule has 0 radical (unpaired) electrons. The Balaban J connectivity index is 1.51. The minimum absolute atomic E-state index is 0.197. The zero-order chi connectivity index (χ0) is 27.5. The molecular formula is C31H31N5O4. The lowest BCUT2D eigenvalue weighted by molar-refractivity contribution is -0.0583. The largest absolute Gasteiger partial charge is 0.394 e. The number of hydrogen-bond donors (Lipinski definition) is 2. The van der Waals surface area contributed by atoms with Crippen LogP contribution in [0.5, 0.6) is 0 Å². The summed E-state index contributed by atoms with van der Waals surface area (Å²) < 4.78 is 19.3. The monoisotopic (exact) mass is 537 g/mol. The number of aliphatic hydroxyl groups excluding tert-OH is 1. The Labute approximate surface area is 232 Å². The highest BCUT2D eigenvalue weighted by atomic mass is 16.6. The molecule has 1 unspecified atom stereocenters. The van der Waals surface area contributed by atoms with Crippen LogP contribution in [0.1, 0.15) is 22.9 Å². The second kappa shape index (κ2) is 11.1. The molecule has 0 saturated carbocycles. The second-order valence-corrected chi connectivity index (χ2v) is 9.67. The average molecular weight is 538 g/mol. The summed E-state index contributed by atoms with van der Waals surface area (Å²) in [5, 5.41) is 13.7. The van der Waals surface area contributed by atoms with Crippen molar-refractivity contribution >= 4 is 17.0 Å². The second-order valence-electron chi connectivity index (χ2n) is 9.67. The Kier molecular flexibility index (Phi) is 7.27. The van der Waals surface area contributed by atoms with Gasteiger partial charge in [-0.05, 0) is 16.7 Å². The summed E-state index contributed by atoms with van der Waals surface area (Å²) in [4.78, 5) is 14.0. The van der Waals surface area contributed by atoms with E-state index in [2.05, 4.69) is 51.7 Å². The maximum atomic E-state index is 9.88. The topological polar surface area (TPSA) is 104 Å². The van der Waals surface area contributed by atoms with E-state index in [1.165, 1.54) is 6.33 Å². The molecule has 2 N–H and O–H groups in total.